The van der Waals surface area contributed by atoms with Gasteiger partial charge in [-0.05, 0) is 32.0 Å². The lowest BCUT2D eigenvalue weighted by Crippen LogP contribution is -2.64. The standard InChI is InChI=1S/C26H30F3N7O4/c1-15(37)35-9-8-34(24(39)25(35,2)3)20-12-16(6-7-17(20)23(38)33(4)10-11-40-5)19-13-18(26(27,28)29)21-22(30)31-14-32-36(19)21/h6-7,12-14H,8-11H2,1-5H3,(H2,30,31,32). The van der Waals surface area contributed by atoms with Crippen LogP contribution in [0.3, 0.4) is 0 Å². The maximum atomic E-state index is 13.9. The van der Waals surface area contributed by atoms with E-state index in [-0.39, 0.29) is 60.5 Å². The Bertz CT molecular complexity index is 1480. The van der Waals surface area contributed by atoms with Crippen molar-refractivity contribution >= 4 is 34.7 Å². The molecule has 0 spiro atoms. The molecule has 1 aliphatic heterocycles. The number of hydrogen-bond acceptors (Lipinski definition) is 7. The predicted molar refractivity (Wildman–Crippen MR) is 140 cm³/mol. The molecule has 2 aromatic heterocycles. The molecule has 1 aromatic carbocycles. The van der Waals surface area contributed by atoms with Crippen molar-refractivity contribution in [3.05, 3.63) is 41.7 Å². The van der Waals surface area contributed by atoms with E-state index in [1.54, 1.807) is 20.9 Å². The lowest BCUT2D eigenvalue weighted by Gasteiger charge is -2.46. The number of piperazine rings is 1. The molecule has 0 atom stereocenters. The first-order chi connectivity index (χ1) is 18.7. The zero-order valence-electron chi connectivity index (χ0n) is 22.7. The number of carbonyl (C=O) groups is 3. The van der Waals surface area contributed by atoms with Crippen LogP contribution in [0.4, 0.5) is 24.7 Å². The molecule has 2 N–H and O–H groups in total. The van der Waals surface area contributed by atoms with Crippen molar-refractivity contribution in [2.45, 2.75) is 32.5 Å². The number of halogens is 3. The van der Waals surface area contributed by atoms with E-state index in [1.807, 2.05) is 0 Å². The highest BCUT2D eigenvalue weighted by Crippen LogP contribution is 2.40. The van der Waals surface area contributed by atoms with Crippen molar-refractivity contribution < 1.29 is 32.3 Å². The molecule has 3 aromatic rings. The van der Waals surface area contributed by atoms with Gasteiger partial charge in [-0.1, -0.05) is 6.07 Å². The number of nitrogens with zero attached hydrogens (tertiary/aromatic N) is 6. The first kappa shape index (κ1) is 28.8. The zero-order chi connectivity index (χ0) is 29.6. The summed E-state index contributed by atoms with van der Waals surface area (Å²) in [6.07, 6.45) is -3.70. The van der Waals surface area contributed by atoms with E-state index in [0.717, 1.165) is 16.9 Å². The molecule has 0 radical (unpaired) electrons. The van der Waals surface area contributed by atoms with Gasteiger partial charge in [-0.3, -0.25) is 14.4 Å². The first-order valence-electron chi connectivity index (χ1n) is 12.4. The highest BCUT2D eigenvalue weighted by Gasteiger charge is 2.44. The molecule has 1 aliphatic rings. The summed E-state index contributed by atoms with van der Waals surface area (Å²) in [7, 11) is 3.08. The Balaban J connectivity index is 1.91. The second kappa shape index (κ2) is 10.4. The van der Waals surface area contributed by atoms with Crippen LogP contribution in [-0.2, 0) is 20.5 Å². The van der Waals surface area contributed by atoms with Crippen molar-refractivity contribution in [1.82, 2.24) is 24.4 Å². The number of methoxy groups -OCH3 is 1. The van der Waals surface area contributed by atoms with Crippen molar-refractivity contribution in [3.8, 4) is 11.3 Å². The molecular formula is C26H30F3N7O4. The van der Waals surface area contributed by atoms with E-state index in [2.05, 4.69) is 10.1 Å². The van der Waals surface area contributed by atoms with Crippen molar-refractivity contribution in [2.75, 3.05) is 51.0 Å². The van der Waals surface area contributed by atoms with Gasteiger partial charge in [-0.25, -0.2) is 9.50 Å². The van der Waals surface area contributed by atoms with Gasteiger partial charge < -0.3 is 25.2 Å². The smallest absolute Gasteiger partial charge is 0.383 e. The minimum Gasteiger partial charge on any atom is -0.383 e. The average Bonchev–Trinajstić information content (AvgIpc) is 3.29. The number of aromatic nitrogens is 3. The van der Waals surface area contributed by atoms with Crippen LogP contribution in [0.25, 0.3) is 16.8 Å². The van der Waals surface area contributed by atoms with Crippen molar-refractivity contribution in [2.24, 2.45) is 0 Å². The fourth-order valence-corrected chi connectivity index (χ4v) is 4.93. The summed E-state index contributed by atoms with van der Waals surface area (Å²) in [6.45, 7) is 5.39. The Morgan fingerprint density at radius 1 is 1.20 bits per heavy atom. The third-order valence-electron chi connectivity index (χ3n) is 7.05. The van der Waals surface area contributed by atoms with Gasteiger partial charge in [0.1, 0.15) is 17.4 Å². The molecule has 0 aliphatic carbocycles. The molecule has 0 unspecified atom stereocenters. The van der Waals surface area contributed by atoms with Gasteiger partial charge in [0.05, 0.1) is 29.1 Å². The summed E-state index contributed by atoms with van der Waals surface area (Å²) < 4.78 is 47.9. The van der Waals surface area contributed by atoms with Gasteiger partial charge in [-0.2, -0.15) is 18.3 Å². The molecule has 14 heteroatoms. The summed E-state index contributed by atoms with van der Waals surface area (Å²) in [4.78, 5) is 47.4. The fraction of sp³-hybridized carbons (Fsp3) is 0.423. The second-order valence-electron chi connectivity index (χ2n) is 9.98. The first-order valence-corrected chi connectivity index (χ1v) is 12.4. The van der Waals surface area contributed by atoms with E-state index < -0.39 is 34.6 Å². The van der Waals surface area contributed by atoms with Crippen LogP contribution in [0.2, 0.25) is 0 Å². The molecule has 11 nitrogen and oxygen atoms in total. The quantitative estimate of drug-likeness (QED) is 0.490. The number of likely N-dealkylation sites (N-methyl/N-ethyl adjacent to an activating group) is 1. The maximum absolute atomic E-state index is 13.9. The van der Waals surface area contributed by atoms with Crippen molar-refractivity contribution in [3.63, 3.8) is 0 Å². The Morgan fingerprint density at radius 2 is 1.90 bits per heavy atom. The highest BCUT2D eigenvalue weighted by atomic mass is 19.4. The Labute approximate surface area is 228 Å². The minimum atomic E-state index is -4.74. The largest absolute Gasteiger partial charge is 0.418 e. The van der Waals surface area contributed by atoms with Gasteiger partial charge >= 0.3 is 6.18 Å². The number of carbonyl (C=O) groups excluding carboxylic acids is 3. The van der Waals surface area contributed by atoms with Crippen LogP contribution in [-0.4, -0.2) is 88.1 Å². The van der Waals surface area contributed by atoms with Crippen LogP contribution in [0.5, 0.6) is 0 Å². The second-order valence-corrected chi connectivity index (χ2v) is 9.98. The van der Waals surface area contributed by atoms with Gasteiger partial charge in [0.25, 0.3) is 11.8 Å². The van der Waals surface area contributed by atoms with E-state index in [4.69, 9.17) is 10.5 Å². The lowest BCUT2D eigenvalue weighted by molar-refractivity contribution is -0.145. The van der Waals surface area contributed by atoms with Crippen molar-refractivity contribution in [1.29, 1.82) is 0 Å². The van der Waals surface area contributed by atoms with Crippen LogP contribution in [0.15, 0.2) is 30.6 Å². The molecule has 3 heterocycles. The summed E-state index contributed by atoms with van der Waals surface area (Å²) in [5.74, 6) is -1.49. The molecule has 3 amide bonds. The van der Waals surface area contributed by atoms with E-state index in [9.17, 15) is 27.6 Å². The molecular weight excluding hydrogens is 531 g/mol. The Morgan fingerprint density at radius 3 is 2.52 bits per heavy atom. The molecule has 214 valence electrons. The number of amides is 3. The van der Waals surface area contributed by atoms with Gasteiger partial charge in [0, 0.05) is 46.3 Å². The number of fused-ring (bicyclic) bond motifs is 1. The average molecular weight is 562 g/mol. The number of nitrogens with two attached hydrogens (primary N) is 1. The number of alkyl halides is 3. The van der Waals surface area contributed by atoms with Crippen LogP contribution >= 0.6 is 0 Å². The maximum Gasteiger partial charge on any atom is 0.418 e. The Hall–Kier alpha value is -4.20. The molecule has 1 fully saturated rings. The normalized spacial score (nSPS) is 15.6. The van der Waals surface area contributed by atoms with E-state index >= 15 is 0 Å². The minimum absolute atomic E-state index is 0.0403. The number of rotatable bonds is 6. The highest BCUT2D eigenvalue weighted by molar-refractivity contribution is 6.09. The molecule has 0 bridgehead atoms. The third-order valence-corrected chi connectivity index (χ3v) is 7.05. The van der Waals surface area contributed by atoms with Gasteiger partial charge in [0.15, 0.2) is 5.82 Å². The van der Waals surface area contributed by atoms with Gasteiger partial charge in [-0.15, -0.1) is 0 Å². The van der Waals surface area contributed by atoms with Crippen LogP contribution < -0.4 is 10.6 Å². The molecule has 4 rings (SSSR count). The Kier molecular flexibility index (Phi) is 7.49. The van der Waals surface area contributed by atoms with E-state index in [0.29, 0.717) is 0 Å². The summed E-state index contributed by atoms with van der Waals surface area (Å²) in [6, 6.07) is 5.34. The van der Waals surface area contributed by atoms with Crippen LogP contribution in [0.1, 0.15) is 36.7 Å². The fourth-order valence-electron chi connectivity index (χ4n) is 4.93. The van der Waals surface area contributed by atoms with E-state index in [1.165, 1.54) is 46.9 Å². The topological polar surface area (TPSA) is 126 Å². The van der Waals surface area contributed by atoms with Gasteiger partial charge in [0.2, 0.25) is 5.91 Å². The number of nitrogen functional groups attached to an aromatic ring is 1. The number of ether oxygens (including phenoxy) is 1. The lowest BCUT2D eigenvalue weighted by atomic mass is 9.95. The SMILES string of the molecule is COCCN(C)C(=O)c1ccc(-c2cc(C(F)(F)F)c3c(N)ncnn23)cc1N1CCN(C(C)=O)C(C)(C)C1=O. The summed E-state index contributed by atoms with van der Waals surface area (Å²) >= 11 is 0. The zero-order valence-corrected chi connectivity index (χ0v) is 22.7. The third kappa shape index (κ3) is 4.94. The molecule has 1 saturated heterocycles. The summed E-state index contributed by atoms with van der Waals surface area (Å²) in [5, 5.41) is 3.99. The monoisotopic (exact) mass is 561 g/mol. The number of benzene rings is 1. The molecule has 0 saturated carbocycles. The van der Waals surface area contributed by atoms with Crippen LogP contribution in [0, 0.1) is 0 Å². The number of anilines is 2. The molecule has 40 heavy (non-hydrogen) atoms. The number of hydrogen-bond donors (Lipinski definition) is 1. The predicted octanol–water partition coefficient (Wildman–Crippen LogP) is 2.69. The summed E-state index contributed by atoms with van der Waals surface area (Å²) in [5.41, 5.74) is 3.80.